The van der Waals surface area contributed by atoms with Crippen molar-refractivity contribution in [2.75, 3.05) is 7.11 Å². The van der Waals surface area contributed by atoms with Crippen molar-refractivity contribution in [1.29, 1.82) is 0 Å². The van der Waals surface area contributed by atoms with Crippen molar-refractivity contribution >= 4 is 16.9 Å². The topological polar surface area (TPSA) is 61.1 Å². The van der Waals surface area contributed by atoms with Crippen LogP contribution in [0.25, 0.3) is 16.6 Å². The fourth-order valence-corrected chi connectivity index (χ4v) is 4.63. The minimum Gasteiger partial charge on any atom is -0.468 e. The van der Waals surface area contributed by atoms with E-state index in [1.165, 1.54) is 13.2 Å². The predicted octanol–water partition coefficient (Wildman–Crippen LogP) is 4.31. The smallest absolute Gasteiger partial charge is 0.325 e. The Bertz CT molecular complexity index is 1280. The lowest BCUT2D eigenvalue weighted by Gasteiger charge is -2.24. The minimum atomic E-state index is -0.275. The first-order valence-electron chi connectivity index (χ1n) is 10.8. The lowest BCUT2D eigenvalue weighted by atomic mass is 9.92. The molecule has 0 saturated heterocycles. The highest BCUT2D eigenvalue weighted by Crippen LogP contribution is 2.32. The molecule has 0 bridgehead atoms. The molecule has 0 radical (unpaired) electrons. The SMILES string of the molecule is COC(=O)Cn1cc(CN[C@@H]2CCCc3c2cnn3-c2ccccc2F)c2ccccc21. The van der Waals surface area contributed by atoms with Crippen LogP contribution < -0.4 is 5.32 Å². The first-order valence-corrected chi connectivity index (χ1v) is 10.8. The maximum atomic E-state index is 14.3. The number of carbonyl (C=O) groups excluding carboxylic acids is 1. The molecule has 2 aromatic carbocycles. The molecule has 1 N–H and O–H groups in total. The normalized spacial score (nSPS) is 15.6. The second-order valence-corrected chi connectivity index (χ2v) is 8.11. The molecule has 32 heavy (non-hydrogen) atoms. The van der Waals surface area contributed by atoms with Gasteiger partial charge in [0.25, 0.3) is 0 Å². The molecule has 1 atom stereocenters. The fraction of sp³-hybridized carbons (Fsp3) is 0.280. The molecule has 4 aromatic rings. The van der Waals surface area contributed by atoms with E-state index in [1.807, 2.05) is 41.2 Å². The van der Waals surface area contributed by atoms with Gasteiger partial charge in [0.15, 0.2) is 0 Å². The van der Waals surface area contributed by atoms with Gasteiger partial charge in [0.05, 0.1) is 13.3 Å². The zero-order valence-electron chi connectivity index (χ0n) is 17.9. The number of nitrogens with one attached hydrogen (secondary N) is 1. The van der Waals surface area contributed by atoms with Crippen molar-refractivity contribution in [2.24, 2.45) is 0 Å². The standard InChI is InChI=1S/C25H25FN4O2/c1-32-25(31)16-29-15-17(18-7-2-4-10-22(18)29)13-27-21-9-6-12-23-19(21)14-28-30(23)24-11-5-3-8-20(24)26/h2-5,7-8,10-11,14-15,21,27H,6,9,12-13,16H2,1H3/t21-/m1/s1. The summed E-state index contributed by atoms with van der Waals surface area (Å²) >= 11 is 0. The van der Waals surface area contributed by atoms with Crippen LogP contribution in [0.1, 0.15) is 35.7 Å². The maximum Gasteiger partial charge on any atom is 0.325 e. The van der Waals surface area contributed by atoms with Crippen molar-refractivity contribution in [3.05, 3.63) is 83.6 Å². The van der Waals surface area contributed by atoms with Crippen molar-refractivity contribution < 1.29 is 13.9 Å². The van der Waals surface area contributed by atoms with Gasteiger partial charge in [-0.15, -0.1) is 0 Å². The quantitative estimate of drug-likeness (QED) is 0.462. The van der Waals surface area contributed by atoms with Crippen LogP contribution >= 0.6 is 0 Å². The molecule has 0 fully saturated rings. The minimum absolute atomic E-state index is 0.141. The zero-order chi connectivity index (χ0) is 22.1. The van der Waals surface area contributed by atoms with Crippen LogP contribution in [-0.4, -0.2) is 27.4 Å². The number of fused-ring (bicyclic) bond motifs is 2. The van der Waals surface area contributed by atoms with Crippen LogP contribution in [0.4, 0.5) is 4.39 Å². The number of ether oxygens (including phenoxy) is 1. The number of rotatable bonds is 6. The van der Waals surface area contributed by atoms with Crippen LogP contribution in [0.5, 0.6) is 0 Å². The van der Waals surface area contributed by atoms with E-state index in [1.54, 1.807) is 16.8 Å². The van der Waals surface area contributed by atoms with Gasteiger partial charge in [-0.25, -0.2) is 9.07 Å². The molecule has 2 heterocycles. The summed E-state index contributed by atoms with van der Waals surface area (Å²) in [7, 11) is 1.40. The van der Waals surface area contributed by atoms with Gasteiger partial charge in [-0.3, -0.25) is 4.79 Å². The van der Waals surface area contributed by atoms with Gasteiger partial charge in [-0.05, 0) is 43.0 Å². The molecule has 1 aliphatic rings. The van der Waals surface area contributed by atoms with Crippen LogP contribution in [0.2, 0.25) is 0 Å². The van der Waals surface area contributed by atoms with E-state index in [9.17, 15) is 9.18 Å². The first kappa shape index (κ1) is 20.5. The Hall–Kier alpha value is -3.45. The third-order valence-corrected chi connectivity index (χ3v) is 6.20. The number of aromatic nitrogens is 3. The van der Waals surface area contributed by atoms with Crippen molar-refractivity contribution in [1.82, 2.24) is 19.7 Å². The molecule has 1 aliphatic carbocycles. The van der Waals surface area contributed by atoms with E-state index in [-0.39, 0.29) is 24.4 Å². The number of nitrogens with zero attached hydrogens (tertiary/aromatic N) is 3. The summed E-state index contributed by atoms with van der Waals surface area (Å²) in [4.78, 5) is 11.8. The summed E-state index contributed by atoms with van der Waals surface area (Å²) in [5, 5.41) is 9.29. The molecule has 2 aromatic heterocycles. The van der Waals surface area contributed by atoms with E-state index in [4.69, 9.17) is 4.74 Å². The Morgan fingerprint density at radius 1 is 1.22 bits per heavy atom. The van der Waals surface area contributed by atoms with E-state index >= 15 is 0 Å². The number of benzene rings is 2. The summed E-state index contributed by atoms with van der Waals surface area (Å²) in [6, 6.07) is 14.9. The van der Waals surface area contributed by atoms with Gasteiger partial charge in [-0.2, -0.15) is 5.10 Å². The molecule has 6 nitrogen and oxygen atoms in total. The average Bonchev–Trinajstić information content (AvgIpc) is 3.40. The number of hydrogen-bond acceptors (Lipinski definition) is 4. The number of carbonyl (C=O) groups is 1. The van der Waals surface area contributed by atoms with E-state index in [2.05, 4.69) is 16.5 Å². The number of para-hydroxylation sites is 2. The van der Waals surface area contributed by atoms with Crippen molar-refractivity contribution in [3.8, 4) is 5.69 Å². The first-order chi connectivity index (χ1) is 15.7. The van der Waals surface area contributed by atoms with E-state index in [0.717, 1.165) is 47.0 Å². The molecule has 0 aliphatic heterocycles. The Kier molecular flexibility index (Phi) is 5.49. The molecule has 0 saturated carbocycles. The largest absolute Gasteiger partial charge is 0.468 e. The Morgan fingerprint density at radius 2 is 2.03 bits per heavy atom. The second kappa shape index (κ2) is 8.59. The molecule has 0 spiro atoms. The Balaban J connectivity index is 1.40. The number of halogens is 1. The molecular weight excluding hydrogens is 407 g/mol. The lowest BCUT2D eigenvalue weighted by Crippen LogP contribution is -2.25. The van der Waals surface area contributed by atoms with Crippen LogP contribution in [0, 0.1) is 5.82 Å². The monoisotopic (exact) mass is 432 g/mol. The zero-order valence-corrected chi connectivity index (χ0v) is 17.9. The molecule has 5 rings (SSSR count). The van der Waals surface area contributed by atoms with Gasteiger partial charge in [-0.1, -0.05) is 30.3 Å². The Morgan fingerprint density at radius 3 is 2.88 bits per heavy atom. The average molecular weight is 432 g/mol. The third-order valence-electron chi connectivity index (χ3n) is 6.20. The summed E-state index contributed by atoms with van der Waals surface area (Å²) in [6.07, 6.45) is 6.76. The van der Waals surface area contributed by atoms with E-state index in [0.29, 0.717) is 12.2 Å². The lowest BCUT2D eigenvalue weighted by molar-refractivity contribution is -0.141. The summed E-state index contributed by atoms with van der Waals surface area (Å²) < 4.78 is 22.9. The second-order valence-electron chi connectivity index (χ2n) is 8.11. The Labute approximate surface area is 185 Å². The van der Waals surface area contributed by atoms with Crippen LogP contribution in [0.15, 0.2) is 60.9 Å². The highest BCUT2D eigenvalue weighted by Gasteiger charge is 2.25. The molecule has 164 valence electrons. The van der Waals surface area contributed by atoms with Crippen LogP contribution in [0.3, 0.4) is 0 Å². The third kappa shape index (κ3) is 3.69. The van der Waals surface area contributed by atoms with Crippen molar-refractivity contribution in [2.45, 2.75) is 38.4 Å². The summed E-state index contributed by atoms with van der Waals surface area (Å²) in [5.41, 5.74) is 4.80. The van der Waals surface area contributed by atoms with Gasteiger partial charge in [0, 0.05) is 40.9 Å². The maximum absolute atomic E-state index is 14.3. The highest BCUT2D eigenvalue weighted by atomic mass is 19.1. The number of esters is 1. The fourth-order valence-electron chi connectivity index (χ4n) is 4.63. The summed E-state index contributed by atoms with van der Waals surface area (Å²) in [6.45, 7) is 0.837. The number of methoxy groups -OCH3 is 1. The highest BCUT2D eigenvalue weighted by molar-refractivity contribution is 5.85. The van der Waals surface area contributed by atoms with Gasteiger partial charge in [0.1, 0.15) is 18.0 Å². The van der Waals surface area contributed by atoms with Gasteiger partial charge >= 0.3 is 5.97 Å². The van der Waals surface area contributed by atoms with Gasteiger partial charge in [0.2, 0.25) is 0 Å². The van der Waals surface area contributed by atoms with Crippen molar-refractivity contribution in [3.63, 3.8) is 0 Å². The number of hydrogen-bond donors (Lipinski definition) is 1. The molecule has 7 heteroatoms. The summed E-state index contributed by atoms with van der Waals surface area (Å²) in [5.74, 6) is -0.547. The molecular formula is C25H25FN4O2. The van der Waals surface area contributed by atoms with E-state index < -0.39 is 0 Å². The van der Waals surface area contributed by atoms with Crippen LogP contribution in [-0.2, 0) is 29.0 Å². The predicted molar refractivity (Wildman–Crippen MR) is 120 cm³/mol. The van der Waals surface area contributed by atoms with Gasteiger partial charge < -0.3 is 14.6 Å². The molecule has 0 unspecified atom stereocenters. The molecule has 0 amide bonds.